The van der Waals surface area contributed by atoms with Gasteiger partial charge in [0.25, 0.3) is 0 Å². The molecule has 0 unspecified atom stereocenters. The molecule has 0 bridgehead atoms. The molecule has 3 aromatic carbocycles. The van der Waals surface area contributed by atoms with Crippen LogP contribution in [0.5, 0.6) is 5.75 Å². The van der Waals surface area contributed by atoms with E-state index >= 15 is 0 Å². The number of aliphatic hydroxyl groups excluding tert-OH is 1. The highest BCUT2D eigenvalue weighted by atomic mass is 32.2. The van der Waals surface area contributed by atoms with Gasteiger partial charge in [-0.25, -0.2) is 18.4 Å². The maximum atomic E-state index is 11.8. The molecule has 44 heavy (non-hydrogen) atoms. The maximum Gasteiger partial charge on any atom is 0.230 e. The predicted octanol–water partition coefficient (Wildman–Crippen LogP) is 5.18. The normalized spacial score (nSPS) is 15.1. The number of benzene rings is 3. The van der Waals surface area contributed by atoms with Crippen LogP contribution in [0.4, 0.5) is 23.3 Å². The lowest BCUT2D eigenvalue weighted by atomic mass is 10.0. The summed E-state index contributed by atoms with van der Waals surface area (Å²) in [7, 11) is -1.75. The molecule has 12 heteroatoms. The fourth-order valence-corrected chi connectivity index (χ4v) is 6.22. The zero-order chi connectivity index (χ0) is 31.0. The standard InChI is InChI=1S/C32H35N7O4S/c1-20-13-26(16-29(43-3)21(20)2)38-17-30(33-19-38)35-32-34-28-15-23(22-7-5-8-24(14-22)37-44(4,41)42)10-11-27(28)31(36-32)39-12-6-9-25(39)18-40/h5,7-8,10-11,13-17,19,25,37,40H,6,9,12,18H2,1-4H3,(H,34,35,36)/t25-/m0/s1. The number of nitrogens with zero attached hydrogens (tertiary/aromatic N) is 5. The van der Waals surface area contributed by atoms with Crippen molar-refractivity contribution in [3.63, 3.8) is 0 Å². The topological polar surface area (TPSA) is 134 Å². The van der Waals surface area contributed by atoms with Gasteiger partial charge in [-0.3, -0.25) is 4.72 Å². The number of aliphatic hydroxyl groups is 1. The van der Waals surface area contributed by atoms with Crippen molar-refractivity contribution < 1.29 is 18.3 Å². The minimum atomic E-state index is -3.41. The number of nitrogens with one attached hydrogen (secondary N) is 2. The molecule has 0 spiro atoms. The van der Waals surface area contributed by atoms with Gasteiger partial charge in [-0.2, -0.15) is 4.98 Å². The van der Waals surface area contributed by atoms with Crippen LogP contribution in [0.3, 0.4) is 0 Å². The number of hydrogen-bond acceptors (Lipinski definition) is 9. The summed E-state index contributed by atoms with van der Waals surface area (Å²) < 4.78 is 33.6. The Morgan fingerprint density at radius 1 is 1.07 bits per heavy atom. The summed E-state index contributed by atoms with van der Waals surface area (Å²) in [6.45, 7) is 4.90. The maximum absolute atomic E-state index is 11.8. The number of imidazole rings is 1. The SMILES string of the molecule is COc1cc(-n2cnc(Nc3nc(N4CCC[C@H]4CO)c4ccc(-c5cccc(NS(C)(=O)=O)c5)cc4n3)c2)cc(C)c1C. The van der Waals surface area contributed by atoms with Crippen molar-refractivity contribution in [1.29, 1.82) is 0 Å². The number of aryl methyl sites for hydroxylation is 1. The number of ether oxygens (including phenoxy) is 1. The van der Waals surface area contributed by atoms with Gasteiger partial charge in [-0.1, -0.05) is 18.2 Å². The molecule has 0 radical (unpaired) electrons. The molecule has 1 saturated heterocycles. The molecule has 1 fully saturated rings. The van der Waals surface area contributed by atoms with E-state index < -0.39 is 10.0 Å². The largest absolute Gasteiger partial charge is 0.496 e. The third kappa shape index (κ3) is 6.03. The Bertz CT molecular complexity index is 1960. The molecule has 0 aliphatic carbocycles. The van der Waals surface area contributed by atoms with Gasteiger partial charge in [0.15, 0.2) is 5.82 Å². The van der Waals surface area contributed by atoms with E-state index in [1.54, 1.807) is 25.6 Å². The first-order valence-corrected chi connectivity index (χ1v) is 16.2. The van der Waals surface area contributed by atoms with Crippen LogP contribution in [0, 0.1) is 13.8 Å². The lowest BCUT2D eigenvalue weighted by Crippen LogP contribution is -2.33. The number of fused-ring (bicyclic) bond motifs is 1. The number of methoxy groups -OCH3 is 1. The number of aromatic nitrogens is 4. The summed E-state index contributed by atoms with van der Waals surface area (Å²) in [5.74, 6) is 2.50. The van der Waals surface area contributed by atoms with E-state index in [0.717, 1.165) is 70.5 Å². The fourth-order valence-electron chi connectivity index (χ4n) is 5.66. The molecule has 0 amide bonds. The third-order valence-corrected chi connectivity index (χ3v) is 8.59. The van der Waals surface area contributed by atoms with Crippen LogP contribution in [0.2, 0.25) is 0 Å². The third-order valence-electron chi connectivity index (χ3n) is 7.98. The monoisotopic (exact) mass is 613 g/mol. The van der Waals surface area contributed by atoms with Gasteiger partial charge in [-0.05, 0) is 79.3 Å². The molecular weight excluding hydrogens is 578 g/mol. The highest BCUT2D eigenvalue weighted by Gasteiger charge is 2.27. The molecule has 1 aliphatic heterocycles. The van der Waals surface area contributed by atoms with Gasteiger partial charge >= 0.3 is 0 Å². The highest BCUT2D eigenvalue weighted by molar-refractivity contribution is 7.92. The molecule has 228 valence electrons. The second-order valence-corrected chi connectivity index (χ2v) is 12.9. The fraction of sp³-hybridized carbons (Fsp3) is 0.281. The summed E-state index contributed by atoms with van der Waals surface area (Å²) in [5, 5.41) is 14.2. The first-order chi connectivity index (χ1) is 21.1. The van der Waals surface area contributed by atoms with E-state index in [1.165, 1.54) is 0 Å². The van der Waals surface area contributed by atoms with Crippen molar-refractivity contribution in [2.24, 2.45) is 0 Å². The molecule has 0 saturated carbocycles. The molecular formula is C32H35N7O4S. The minimum absolute atomic E-state index is 0.0293. The Kier molecular flexibility index (Phi) is 7.87. The van der Waals surface area contributed by atoms with E-state index in [4.69, 9.17) is 14.7 Å². The van der Waals surface area contributed by atoms with Gasteiger partial charge in [-0.15, -0.1) is 0 Å². The Balaban J connectivity index is 1.39. The zero-order valence-corrected chi connectivity index (χ0v) is 25.9. The van der Waals surface area contributed by atoms with Crippen molar-refractivity contribution in [2.45, 2.75) is 32.7 Å². The molecule has 3 heterocycles. The summed E-state index contributed by atoms with van der Waals surface area (Å²) in [6.07, 6.45) is 6.57. The predicted molar refractivity (Wildman–Crippen MR) is 174 cm³/mol. The van der Waals surface area contributed by atoms with E-state index in [2.05, 4.69) is 26.0 Å². The van der Waals surface area contributed by atoms with Crippen LogP contribution >= 0.6 is 0 Å². The van der Waals surface area contributed by atoms with E-state index in [-0.39, 0.29) is 12.6 Å². The molecule has 1 atom stereocenters. The van der Waals surface area contributed by atoms with Gasteiger partial charge in [0, 0.05) is 23.7 Å². The Morgan fingerprint density at radius 3 is 2.66 bits per heavy atom. The molecule has 6 rings (SSSR count). The second kappa shape index (κ2) is 11.8. The molecule has 11 nitrogen and oxygen atoms in total. The summed E-state index contributed by atoms with van der Waals surface area (Å²) in [6, 6.07) is 17.2. The van der Waals surface area contributed by atoms with E-state index in [0.29, 0.717) is 23.0 Å². The number of rotatable bonds is 9. The van der Waals surface area contributed by atoms with Crippen molar-refractivity contribution >= 4 is 44.2 Å². The first-order valence-electron chi connectivity index (χ1n) is 14.4. The van der Waals surface area contributed by atoms with Crippen LogP contribution in [0.25, 0.3) is 27.7 Å². The minimum Gasteiger partial charge on any atom is -0.496 e. The number of anilines is 4. The van der Waals surface area contributed by atoms with Crippen molar-refractivity contribution in [2.75, 3.05) is 41.5 Å². The summed E-state index contributed by atoms with van der Waals surface area (Å²) in [5.41, 5.74) is 6.03. The van der Waals surface area contributed by atoms with Crippen molar-refractivity contribution in [3.8, 4) is 22.6 Å². The smallest absolute Gasteiger partial charge is 0.230 e. The molecule has 3 N–H and O–H groups in total. The van der Waals surface area contributed by atoms with E-state index in [1.807, 2.05) is 61.0 Å². The first kappa shape index (κ1) is 29.4. The van der Waals surface area contributed by atoms with Crippen LogP contribution < -0.4 is 19.7 Å². The summed E-state index contributed by atoms with van der Waals surface area (Å²) in [4.78, 5) is 16.5. The summed E-state index contributed by atoms with van der Waals surface area (Å²) >= 11 is 0. The van der Waals surface area contributed by atoms with Gasteiger partial charge in [0.2, 0.25) is 16.0 Å². The van der Waals surface area contributed by atoms with Crippen LogP contribution in [-0.4, -0.2) is 65.6 Å². The zero-order valence-electron chi connectivity index (χ0n) is 25.1. The average Bonchev–Trinajstić information content (AvgIpc) is 3.67. The van der Waals surface area contributed by atoms with Gasteiger partial charge < -0.3 is 24.6 Å². The lowest BCUT2D eigenvalue weighted by molar-refractivity contribution is 0.266. The number of sulfonamides is 1. The van der Waals surface area contributed by atoms with E-state index in [9.17, 15) is 13.5 Å². The van der Waals surface area contributed by atoms with Gasteiger partial charge in [0.05, 0.1) is 43.4 Å². The quantitative estimate of drug-likeness (QED) is 0.205. The Morgan fingerprint density at radius 2 is 1.89 bits per heavy atom. The molecule has 5 aromatic rings. The van der Waals surface area contributed by atoms with Crippen LogP contribution in [0.1, 0.15) is 24.0 Å². The van der Waals surface area contributed by atoms with Crippen LogP contribution in [-0.2, 0) is 10.0 Å². The molecule has 2 aromatic heterocycles. The number of hydrogen-bond donors (Lipinski definition) is 3. The van der Waals surface area contributed by atoms with Crippen LogP contribution in [0.15, 0.2) is 67.1 Å². The second-order valence-electron chi connectivity index (χ2n) is 11.1. The average molecular weight is 614 g/mol. The molecule has 1 aliphatic rings. The van der Waals surface area contributed by atoms with Gasteiger partial charge in [0.1, 0.15) is 17.9 Å². The highest BCUT2D eigenvalue weighted by Crippen LogP contribution is 2.34. The Hall–Kier alpha value is -4.68. The van der Waals surface area contributed by atoms with Crippen molar-refractivity contribution in [3.05, 3.63) is 78.2 Å². The lowest BCUT2D eigenvalue weighted by Gasteiger charge is -2.26. The van der Waals surface area contributed by atoms with Crippen molar-refractivity contribution in [1.82, 2.24) is 19.5 Å². The Labute approximate surface area is 256 Å².